The van der Waals surface area contributed by atoms with Crippen LogP contribution in [0.5, 0.6) is 0 Å². The van der Waals surface area contributed by atoms with Gasteiger partial charge in [-0.25, -0.2) is 4.39 Å². The molecule has 0 spiro atoms. The molecular weight excluding hydrogens is 232 g/mol. The van der Waals surface area contributed by atoms with Gasteiger partial charge < -0.3 is 0 Å². The summed E-state index contributed by atoms with van der Waals surface area (Å²) in [6.07, 6.45) is 1.06. The van der Waals surface area contributed by atoms with Gasteiger partial charge in [-0.2, -0.15) is 13.2 Å². The van der Waals surface area contributed by atoms with E-state index in [0.29, 0.717) is 0 Å². The van der Waals surface area contributed by atoms with Crippen LogP contribution in [0.4, 0.5) is 17.6 Å². The van der Waals surface area contributed by atoms with Crippen molar-refractivity contribution in [2.24, 2.45) is 11.8 Å². The molecule has 4 heteroatoms. The third kappa shape index (κ3) is 4.17. The molecule has 100 valence electrons. The number of allylic oxidation sites excluding steroid dienone is 4. The highest BCUT2D eigenvalue weighted by Gasteiger charge is 2.58. The van der Waals surface area contributed by atoms with Crippen LogP contribution in [0.3, 0.4) is 0 Å². The summed E-state index contributed by atoms with van der Waals surface area (Å²) in [5, 5.41) is 0. The Morgan fingerprint density at radius 2 is 1.35 bits per heavy atom. The standard InChI is InChI=1S/C13H20F4/c1-5-7-11(8-6-2)9-12(14,10(3)4)13(15,16)17/h5-8,10-11H,9H2,1-4H3. The van der Waals surface area contributed by atoms with Crippen molar-refractivity contribution in [2.75, 3.05) is 0 Å². The van der Waals surface area contributed by atoms with Crippen molar-refractivity contribution in [2.45, 2.75) is 46.0 Å². The molecular formula is C13H20F4. The second-order valence-corrected chi connectivity index (χ2v) is 4.43. The van der Waals surface area contributed by atoms with Crippen LogP contribution in [0.2, 0.25) is 0 Å². The first kappa shape index (κ1) is 16.2. The Balaban J connectivity index is 5.11. The van der Waals surface area contributed by atoms with Gasteiger partial charge in [0.2, 0.25) is 5.67 Å². The highest BCUT2D eigenvalue weighted by Crippen LogP contribution is 2.44. The van der Waals surface area contributed by atoms with E-state index in [-0.39, 0.29) is 0 Å². The van der Waals surface area contributed by atoms with E-state index in [4.69, 9.17) is 0 Å². The molecule has 0 radical (unpaired) electrons. The maximum atomic E-state index is 14.1. The van der Waals surface area contributed by atoms with Gasteiger partial charge in [0, 0.05) is 6.42 Å². The van der Waals surface area contributed by atoms with Crippen LogP contribution in [-0.2, 0) is 0 Å². The first-order valence-electron chi connectivity index (χ1n) is 5.70. The average molecular weight is 252 g/mol. The molecule has 0 fully saturated rings. The van der Waals surface area contributed by atoms with E-state index in [9.17, 15) is 17.6 Å². The Kier molecular flexibility index (Phi) is 5.93. The highest BCUT2D eigenvalue weighted by atomic mass is 19.4. The van der Waals surface area contributed by atoms with Crippen LogP contribution >= 0.6 is 0 Å². The summed E-state index contributed by atoms with van der Waals surface area (Å²) >= 11 is 0. The SMILES string of the molecule is CC=CC(C=CC)CC(F)(C(C)C)C(F)(F)F. The van der Waals surface area contributed by atoms with Gasteiger partial charge in [-0.1, -0.05) is 38.2 Å². The van der Waals surface area contributed by atoms with Gasteiger partial charge >= 0.3 is 6.18 Å². The zero-order valence-corrected chi connectivity index (χ0v) is 10.7. The number of hydrogen-bond acceptors (Lipinski definition) is 0. The zero-order valence-electron chi connectivity index (χ0n) is 10.7. The Morgan fingerprint density at radius 3 is 1.59 bits per heavy atom. The van der Waals surface area contributed by atoms with E-state index < -0.39 is 30.1 Å². The van der Waals surface area contributed by atoms with Gasteiger partial charge in [0.05, 0.1) is 0 Å². The second-order valence-electron chi connectivity index (χ2n) is 4.43. The van der Waals surface area contributed by atoms with Gasteiger partial charge in [0.15, 0.2) is 0 Å². The molecule has 0 amide bonds. The first-order chi connectivity index (χ1) is 7.69. The number of halogens is 4. The zero-order chi connectivity index (χ0) is 13.7. The number of rotatable bonds is 5. The highest BCUT2D eigenvalue weighted by molar-refractivity contribution is 5.04. The lowest BCUT2D eigenvalue weighted by Crippen LogP contribution is -2.46. The summed E-state index contributed by atoms with van der Waals surface area (Å²) in [5.41, 5.74) is -3.14. The van der Waals surface area contributed by atoms with E-state index in [1.165, 1.54) is 13.8 Å². The molecule has 0 heterocycles. The molecule has 0 aliphatic heterocycles. The van der Waals surface area contributed by atoms with E-state index in [1.807, 2.05) is 0 Å². The van der Waals surface area contributed by atoms with E-state index in [2.05, 4.69) is 0 Å². The maximum Gasteiger partial charge on any atom is 0.422 e. The molecule has 0 aromatic carbocycles. The van der Waals surface area contributed by atoms with E-state index >= 15 is 0 Å². The monoisotopic (exact) mass is 252 g/mol. The Hall–Kier alpha value is -0.800. The van der Waals surface area contributed by atoms with E-state index in [0.717, 1.165) is 0 Å². The summed E-state index contributed by atoms with van der Waals surface area (Å²) in [5.74, 6) is -1.63. The van der Waals surface area contributed by atoms with Gasteiger partial charge in [-0.3, -0.25) is 0 Å². The molecule has 0 saturated heterocycles. The third-order valence-electron chi connectivity index (χ3n) is 2.80. The third-order valence-corrected chi connectivity index (χ3v) is 2.80. The van der Waals surface area contributed by atoms with Crippen LogP contribution in [-0.4, -0.2) is 11.8 Å². The smallest absolute Gasteiger partial charge is 0.234 e. The van der Waals surface area contributed by atoms with Crippen molar-refractivity contribution in [3.63, 3.8) is 0 Å². The Morgan fingerprint density at radius 1 is 0.941 bits per heavy atom. The van der Waals surface area contributed by atoms with Gasteiger partial charge in [0.25, 0.3) is 0 Å². The molecule has 0 aromatic heterocycles. The fraction of sp³-hybridized carbons (Fsp3) is 0.692. The number of hydrogen-bond donors (Lipinski definition) is 0. The summed E-state index contributed by atoms with van der Waals surface area (Å²) < 4.78 is 52.4. The average Bonchev–Trinajstić information content (AvgIpc) is 2.16. The van der Waals surface area contributed by atoms with Gasteiger partial charge in [-0.05, 0) is 25.7 Å². The molecule has 17 heavy (non-hydrogen) atoms. The lowest BCUT2D eigenvalue weighted by molar-refractivity contribution is -0.249. The second kappa shape index (κ2) is 6.22. The minimum Gasteiger partial charge on any atom is -0.234 e. The molecule has 0 rings (SSSR count). The summed E-state index contributed by atoms with van der Waals surface area (Å²) in [7, 11) is 0. The Labute approximate surface area is 100 Å². The molecule has 0 bridgehead atoms. The van der Waals surface area contributed by atoms with Crippen molar-refractivity contribution in [3.8, 4) is 0 Å². The molecule has 0 aliphatic carbocycles. The van der Waals surface area contributed by atoms with Crippen molar-refractivity contribution in [3.05, 3.63) is 24.3 Å². The van der Waals surface area contributed by atoms with Crippen LogP contribution in [0, 0.1) is 11.8 Å². The van der Waals surface area contributed by atoms with Gasteiger partial charge in [-0.15, -0.1) is 0 Å². The quantitative estimate of drug-likeness (QED) is 0.473. The fourth-order valence-electron chi connectivity index (χ4n) is 1.72. The molecule has 0 N–H and O–H groups in total. The number of alkyl halides is 4. The topological polar surface area (TPSA) is 0 Å². The van der Waals surface area contributed by atoms with Crippen molar-refractivity contribution < 1.29 is 17.6 Å². The van der Waals surface area contributed by atoms with Crippen LogP contribution in [0.25, 0.3) is 0 Å². The lowest BCUT2D eigenvalue weighted by atomic mass is 9.82. The van der Waals surface area contributed by atoms with Crippen molar-refractivity contribution in [1.29, 1.82) is 0 Å². The maximum absolute atomic E-state index is 14.1. The minimum atomic E-state index is -4.83. The van der Waals surface area contributed by atoms with Crippen LogP contribution in [0.15, 0.2) is 24.3 Å². The summed E-state index contributed by atoms with van der Waals surface area (Å²) in [6, 6.07) is 0. The molecule has 1 atom stereocenters. The fourth-order valence-corrected chi connectivity index (χ4v) is 1.72. The summed E-state index contributed by atoms with van der Waals surface area (Å²) in [4.78, 5) is 0. The first-order valence-corrected chi connectivity index (χ1v) is 5.70. The molecule has 0 nitrogen and oxygen atoms in total. The van der Waals surface area contributed by atoms with Crippen molar-refractivity contribution in [1.82, 2.24) is 0 Å². The normalized spacial score (nSPS) is 19.1. The van der Waals surface area contributed by atoms with E-state index in [1.54, 1.807) is 38.2 Å². The van der Waals surface area contributed by atoms with Crippen LogP contribution < -0.4 is 0 Å². The van der Waals surface area contributed by atoms with Crippen LogP contribution in [0.1, 0.15) is 34.1 Å². The molecule has 0 saturated carbocycles. The van der Waals surface area contributed by atoms with Crippen molar-refractivity contribution >= 4 is 0 Å². The largest absolute Gasteiger partial charge is 0.422 e. The Bertz CT molecular complexity index is 264. The minimum absolute atomic E-state index is 0.529. The lowest BCUT2D eigenvalue weighted by Gasteiger charge is -2.33. The predicted octanol–water partition coefficient (Wildman–Crippen LogP) is 5.07. The summed E-state index contributed by atoms with van der Waals surface area (Å²) in [6.45, 7) is 5.94. The predicted molar refractivity (Wildman–Crippen MR) is 62.5 cm³/mol. The molecule has 1 unspecified atom stereocenters. The molecule has 0 aliphatic rings. The van der Waals surface area contributed by atoms with Gasteiger partial charge in [0.1, 0.15) is 0 Å². The molecule has 0 aromatic rings.